The van der Waals surface area contributed by atoms with Crippen LogP contribution in [0.25, 0.3) is 10.2 Å². The van der Waals surface area contributed by atoms with Gasteiger partial charge in [0.15, 0.2) is 4.34 Å². The number of nitrogens with zero attached hydrogens (tertiary/aromatic N) is 1. The van der Waals surface area contributed by atoms with Crippen LogP contribution in [0.2, 0.25) is 0 Å². The Balaban J connectivity index is 1.79. The number of halogens is 1. The van der Waals surface area contributed by atoms with Crippen LogP contribution in [0.3, 0.4) is 0 Å². The second-order valence-corrected chi connectivity index (χ2v) is 6.94. The van der Waals surface area contributed by atoms with Crippen molar-refractivity contribution in [2.45, 2.75) is 10.1 Å². The van der Waals surface area contributed by atoms with Crippen LogP contribution in [0.15, 0.2) is 57.3 Å². The van der Waals surface area contributed by atoms with Crippen LogP contribution >= 0.6 is 39.0 Å². The van der Waals surface area contributed by atoms with Gasteiger partial charge < -0.3 is 0 Å². The zero-order valence-corrected chi connectivity index (χ0v) is 12.7. The quantitative estimate of drug-likeness (QED) is 0.598. The lowest BCUT2D eigenvalue weighted by molar-refractivity contribution is 1.28. The SMILES string of the molecule is Brc1ccccc1CSc1nc2ccccc2s1. The van der Waals surface area contributed by atoms with Crippen LogP contribution < -0.4 is 0 Å². The maximum Gasteiger partial charge on any atom is 0.151 e. The highest BCUT2D eigenvalue weighted by Crippen LogP contribution is 2.32. The Morgan fingerprint density at radius 2 is 1.83 bits per heavy atom. The topological polar surface area (TPSA) is 12.9 Å². The van der Waals surface area contributed by atoms with Crippen LogP contribution in [0.4, 0.5) is 0 Å². The van der Waals surface area contributed by atoms with E-state index in [9.17, 15) is 0 Å². The average Bonchev–Trinajstić information content (AvgIpc) is 2.80. The van der Waals surface area contributed by atoms with Crippen molar-refractivity contribution in [3.63, 3.8) is 0 Å². The number of fused-ring (bicyclic) bond motifs is 1. The van der Waals surface area contributed by atoms with Gasteiger partial charge in [-0.1, -0.05) is 58.0 Å². The molecule has 0 aliphatic rings. The van der Waals surface area contributed by atoms with E-state index < -0.39 is 0 Å². The Labute approximate surface area is 122 Å². The first-order valence-corrected chi connectivity index (χ1v) is 8.14. The number of para-hydroxylation sites is 1. The summed E-state index contributed by atoms with van der Waals surface area (Å²) >= 11 is 7.12. The van der Waals surface area contributed by atoms with Crippen molar-refractivity contribution in [1.29, 1.82) is 0 Å². The Morgan fingerprint density at radius 3 is 2.67 bits per heavy atom. The van der Waals surface area contributed by atoms with E-state index in [0.717, 1.165) is 15.6 Å². The summed E-state index contributed by atoms with van der Waals surface area (Å²) in [5.74, 6) is 0.946. The molecule has 1 heterocycles. The van der Waals surface area contributed by atoms with E-state index in [0.29, 0.717) is 0 Å². The van der Waals surface area contributed by atoms with Gasteiger partial charge in [-0.2, -0.15) is 0 Å². The van der Waals surface area contributed by atoms with E-state index in [1.165, 1.54) is 14.7 Å². The molecule has 4 heteroatoms. The third-order valence-corrected chi connectivity index (χ3v) is 5.59. The van der Waals surface area contributed by atoms with Crippen molar-refractivity contribution in [2.24, 2.45) is 0 Å². The molecule has 1 nitrogen and oxygen atoms in total. The highest BCUT2D eigenvalue weighted by molar-refractivity contribution is 9.10. The Bertz CT molecular complexity index is 645. The van der Waals surface area contributed by atoms with Gasteiger partial charge in [-0.25, -0.2) is 4.98 Å². The van der Waals surface area contributed by atoms with Crippen LogP contribution in [0.1, 0.15) is 5.56 Å². The summed E-state index contributed by atoms with van der Waals surface area (Å²) in [6.07, 6.45) is 0. The van der Waals surface area contributed by atoms with Gasteiger partial charge in [0.2, 0.25) is 0 Å². The molecule has 0 saturated carbocycles. The van der Waals surface area contributed by atoms with Crippen LogP contribution in [0, 0.1) is 0 Å². The van der Waals surface area contributed by atoms with Crippen molar-refractivity contribution in [2.75, 3.05) is 0 Å². The van der Waals surface area contributed by atoms with Gasteiger partial charge >= 0.3 is 0 Å². The Hall–Kier alpha value is -0.840. The number of benzene rings is 2. The van der Waals surface area contributed by atoms with E-state index in [1.54, 1.807) is 23.1 Å². The molecule has 2 aromatic carbocycles. The standard InChI is InChI=1S/C14H10BrNS2/c15-11-6-2-1-5-10(11)9-17-14-16-12-7-3-4-8-13(12)18-14/h1-8H,9H2. The molecule has 0 fully saturated rings. The number of thioether (sulfide) groups is 1. The molecule has 1 aromatic heterocycles. The molecule has 0 saturated heterocycles. The molecule has 0 aliphatic carbocycles. The fraction of sp³-hybridized carbons (Fsp3) is 0.0714. The van der Waals surface area contributed by atoms with Crippen molar-refractivity contribution in [3.8, 4) is 0 Å². The zero-order chi connectivity index (χ0) is 12.4. The summed E-state index contributed by atoms with van der Waals surface area (Å²) < 4.78 is 3.55. The van der Waals surface area contributed by atoms with E-state index >= 15 is 0 Å². The summed E-state index contributed by atoms with van der Waals surface area (Å²) in [7, 11) is 0. The molecule has 0 radical (unpaired) electrons. The van der Waals surface area contributed by atoms with Crippen LogP contribution in [0.5, 0.6) is 0 Å². The largest absolute Gasteiger partial charge is 0.230 e. The zero-order valence-electron chi connectivity index (χ0n) is 9.47. The van der Waals surface area contributed by atoms with E-state index in [1.807, 2.05) is 12.1 Å². The van der Waals surface area contributed by atoms with Gasteiger partial charge in [-0.3, -0.25) is 0 Å². The molecular formula is C14H10BrNS2. The number of rotatable bonds is 3. The second kappa shape index (κ2) is 5.43. The molecule has 0 N–H and O–H groups in total. The normalized spacial score (nSPS) is 10.9. The summed E-state index contributed by atoms with van der Waals surface area (Å²) in [4.78, 5) is 4.62. The smallest absolute Gasteiger partial charge is 0.151 e. The third-order valence-electron chi connectivity index (χ3n) is 2.58. The van der Waals surface area contributed by atoms with Gasteiger partial charge in [-0.15, -0.1) is 11.3 Å². The maximum absolute atomic E-state index is 4.62. The molecule has 0 spiro atoms. The maximum atomic E-state index is 4.62. The van der Waals surface area contributed by atoms with Crippen molar-refractivity contribution >= 4 is 49.2 Å². The third kappa shape index (κ3) is 2.60. The van der Waals surface area contributed by atoms with E-state index in [4.69, 9.17) is 0 Å². The molecular weight excluding hydrogens is 326 g/mol. The first-order chi connectivity index (χ1) is 8.83. The molecule has 3 rings (SSSR count). The van der Waals surface area contributed by atoms with Gasteiger partial charge in [0.25, 0.3) is 0 Å². The van der Waals surface area contributed by atoms with E-state index in [2.05, 4.69) is 57.3 Å². The molecule has 0 amide bonds. The van der Waals surface area contributed by atoms with Crippen molar-refractivity contribution in [1.82, 2.24) is 4.98 Å². The summed E-state index contributed by atoms with van der Waals surface area (Å²) in [6.45, 7) is 0. The number of hydrogen-bond acceptors (Lipinski definition) is 3. The predicted molar refractivity (Wildman–Crippen MR) is 83.3 cm³/mol. The second-order valence-electron chi connectivity index (χ2n) is 3.83. The fourth-order valence-electron chi connectivity index (χ4n) is 1.67. The lowest BCUT2D eigenvalue weighted by Crippen LogP contribution is -1.81. The van der Waals surface area contributed by atoms with Crippen molar-refractivity contribution < 1.29 is 0 Å². The predicted octanol–water partition coefficient (Wildman–Crippen LogP) is 5.35. The summed E-state index contributed by atoms with van der Waals surface area (Å²) in [5, 5.41) is 0. The number of hydrogen-bond donors (Lipinski definition) is 0. The molecule has 3 aromatic rings. The molecule has 0 bridgehead atoms. The molecule has 0 unspecified atom stereocenters. The van der Waals surface area contributed by atoms with Gasteiger partial charge in [0, 0.05) is 10.2 Å². The average molecular weight is 336 g/mol. The highest BCUT2D eigenvalue weighted by atomic mass is 79.9. The first-order valence-electron chi connectivity index (χ1n) is 5.55. The fourth-order valence-corrected chi connectivity index (χ4v) is 4.35. The Morgan fingerprint density at radius 1 is 1.06 bits per heavy atom. The van der Waals surface area contributed by atoms with Gasteiger partial charge in [0.1, 0.15) is 0 Å². The molecule has 18 heavy (non-hydrogen) atoms. The van der Waals surface area contributed by atoms with Gasteiger partial charge in [0.05, 0.1) is 10.2 Å². The Kier molecular flexibility index (Phi) is 3.68. The highest BCUT2D eigenvalue weighted by Gasteiger charge is 2.05. The molecule has 0 aliphatic heterocycles. The lowest BCUT2D eigenvalue weighted by atomic mass is 10.2. The van der Waals surface area contributed by atoms with E-state index in [-0.39, 0.29) is 0 Å². The lowest BCUT2D eigenvalue weighted by Gasteiger charge is -2.01. The van der Waals surface area contributed by atoms with Gasteiger partial charge in [-0.05, 0) is 23.8 Å². The monoisotopic (exact) mass is 335 g/mol. The minimum absolute atomic E-state index is 0.946. The minimum atomic E-state index is 0.946. The van der Waals surface area contributed by atoms with Crippen LogP contribution in [-0.2, 0) is 5.75 Å². The molecule has 90 valence electrons. The summed E-state index contributed by atoms with van der Waals surface area (Å²) in [5.41, 5.74) is 2.40. The van der Waals surface area contributed by atoms with Crippen molar-refractivity contribution in [3.05, 3.63) is 58.6 Å². The first kappa shape index (κ1) is 12.2. The molecule has 0 atom stereocenters. The number of thiazole rings is 1. The van der Waals surface area contributed by atoms with Crippen LogP contribution in [-0.4, -0.2) is 4.98 Å². The summed E-state index contributed by atoms with van der Waals surface area (Å²) in [6, 6.07) is 16.6. The minimum Gasteiger partial charge on any atom is -0.230 e. The number of aromatic nitrogens is 1.